The van der Waals surface area contributed by atoms with Gasteiger partial charge >= 0.3 is 5.97 Å². The number of aryl methyl sites for hydroxylation is 1. The average Bonchev–Trinajstić information content (AvgIpc) is 2.33. The Morgan fingerprint density at radius 2 is 2.28 bits per heavy atom. The van der Waals surface area contributed by atoms with Gasteiger partial charge in [0.15, 0.2) is 0 Å². The van der Waals surface area contributed by atoms with Crippen molar-refractivity contribution in [2.24, 2.45) is 0 Å². The molecule has 0 aliphatic carbocycles. The second-order valence-corrected chi connectivity index (χ2v) is 3.84. The molecule has 0 spiro atoms. The van der Waals surface area contributed by atoms with Crippen LogP contribution in [0.25, 0.3) is 11.0 Å². The quantitative estimate of drug-likeness (QED) is 0.897. The Labute approximate surface area is 102 Å². The maximum atomic E-state index is 13.9. The SMILES string of the molecule is COc1cnc2c(CC(=O)O)c(F)c(C)cc2n1. The van der Waals surface area contributed by atoms with Gasteiger partial charge in [-0.2, -0.15) is 0 Å². The number of nitrogens with zero attached hydrogens (tertiary/aromatic N) is 2. The van der Waals surface area contributed by atoms with E-state index in [1.807, 2.05) is 0 Å². The van der Waals surface area contributed by atoms with Crippen LogP contribution < -0.4 is 4.74 Å². The molecule has 1 N–H and O–H groups in total. The van der Waals surface area contributed by atoms with Crippen LogP contribution in [0.2, 0.25) is 0 Å². The fraction of sp³-hybridized carbons (Fsp3) is 0.250. The standard InChI is InChI=1S/C12H11FN2O3/c1-6-3-8-12(14-5-9(15-8)18-2)7(11(6)13)4-10(16)17/h3,5H,4H2,1-2H3,(H,16,17). The third-order valence-electron chi connectivity index (χ3n) is 2.56. The molecule has 0 bridgehead atoms. The lowest BCUT2D eigenvalue weighted by Crippen LogP contribution is -2.06. The number of fused-ring (bicyclic) bond motifs is 1. The summed E-state index contributed by atoms with van der Waals surface area (Å²) in [5, 5.41) is 8.80. The number of carbonyl (C=O) groups is 1. The number of carboxylic acid groups (broad SMARTS) is 1. The Bertz CT molecular complexity index is 628. The Hall–Kier alpha value is -2.24. The normalized spacial score (nSPS) is 10.6. The number of methoxy groups -OCH3 is 1. The molecule has 0 amide bonds. The van der Waals surface area contributed by atoms with Crippen molar-refractivity contribution >= 4 is 17.0 Å². The van der Waals surface area contributed by atoms with E-state index >= 15 is 0 Å². The molecule has 0 saturated heterocycles. The van der Waals surface area contributed by atoms with Crippen molar-refractivity contribution in [3.63, 3.8) is 0 Å². The van der Waals surface area contributed by atoms with Gasteiger partial charge < -0.3 is 9.84 Å². The van der Waals surface area contributed by atoms with Crippen LogP contribution in [0.15, 0.2) is 12.3 Å². The number of ether oxygens (including phenoxy) is 1. The minimum atomic E-state index is -1.11. The van der Waals surface area contributed by atoms with Gasteiger partial charge in [0, 0.05) is 5.56 Å². The van der Waals surface area contributed by atoms with Crippen LogP contribution in [0.1, 0.15) is 11.1 Å². The topological polar surface area (TPSA) is 72.3 Å². The second-order valence-electron chi connectivity index (χ2n) is 3.84. The molecule has 0 saturated carbocycles. The fourth-order valence-corrected chi connectivity index (χ4v) is 1.74. The Morgan fingerprint density at radius 3 is 2.89 bits per heavy atom. The van der Waals surface area contributed by atoms with Crippen molar-refractivity contribution in [3.8, 4) is 5.88 Å². The first-order chi connectivity index (χ1) is 8.52. The monoisotopic (exact) mass is 250 g/mol. The van der Waals surface area contributed by atoms with Gasteiger partial charge in [-0.25, -0.2) is 14.4 Å². The number of carboxylic acids is 1. The lowest BCUT2D eigenvalue weighted by Gasteiger charge is -2.08. The molecule has 1 aromatic carbocycles. The minimum absolute atomic E-state index is 0.0488. The van der Waals surface area contributed by atoms with Crippen LogP contribution in [0.5, 0.6) is 5.88 Å². The van der Waals surface area contributed by atoms with E-state index in [2.05, 4.69) is 9.97 Å². The maximum absolute atomic E-state index is 13.9. The summed E-state index contributed by atoms with van der Waals surface area (Å²) in [6, 6.07) is 1.52. The van der Waals surface area contributed by atoms with E-state index < -0.39 is 18.2 Å². The lowest BCUT2D eigenvalue weighted by atomic mass is 10.0. The van der Waals surface area contributed by atoms with Gasteiger partial charge in [0.05, 0.1) is 30.8 Å². The summed E-state index contributed by atoms with van der Waals surface area (Å²) in [6.07, 6.45) is 0.910. The average molecular weight is 250 g/mol. The highest BCUT2D eigenvalue weighted by molar-refractivity contribution is 5.84. The summed E-state index contributed by atoms with van der Waals surface area (Å²) < 4.78 is 18.8. The molecule has 0 aliphatic heterocycles. The highest BCUT2D eigenvalue weighted by Gasteiger charge is 2.16. The molecule has 94 valence electrons. The van der Waals surface area contributed by atoms with Crippen molar-refractivity contribution < 1.29 is 19.0 Å². The van der Waals surface area contributed by atoms with Gasteiger partial charge in [-0.3, -0.25) is 4.79 Å². The summed E-state index contributed by atoms with van der Waals surface area (Å²) in [4.78, 5) is 18.9. The molecule has 1 heterocycles. The Morgan fingerprint density at radius 1 is 1.56 bits per heavy atom. The van der Waals surface area contributed by atoms with E-state index in [0.29, 0.717) is 17.0 Å². The first-order valence-corrected chi connectivity index (χ1v) is 5.23. The van der Waals surface area contributed by atoms with Crippen molar-refractivity contribution in [1.29, 1.82) is 0 Å². The molecule has 2 aromatic rings. The molecule has 2 rings (SSSR count). The van der Waals surface area contributed by atoms with E-state index in [9.17, 15) is 9.18 Å². The molecule has 1 aromatic heterocycles. The van der Waals surface area contributed by atoms with Crippen molar-refractivity contribution in [2.45, 2.75) is 13.3 Å². The van der Waals surface area contributed by atoms with E-state index in [4.69, 9.17) is 9.84 Å². The maximum Gasteiger partial charge on any atom is 0.308 e. The molecule has 0 atom stereocenters. The van der Waals surface area contributed by atoms with Crippen molar-refractivity contribution in [3.05, 3.63) is 29.2 Å². The second kappa shape index (κ2) is 4.56. The highest BCUT2D eigenvalue weighted by atomic mass is 19.1. The van der Waals surface area contributed by atoms with Crippen LogP contribution in [0.3, 0.4) is 0 Å². The van der Waals surface area contributed by atoms with Crippen LogP contribution >= 0.6 is 0 Å². The van der Waals surface area contributed by atoms with Crippen molar-refractivity contribution in [1.82, 2.24) is 9.97 Å². The number of aromatic nitrogens is 2. The Balaban J connectivity index is 2.73. The van der Waals surface area contributed by atoms with Crippen LogP contribution in [0, 0.1) is 12.7 Å². The van der Waals surface area contributed by atoms with E-state index in [0.717, 1.165) is 0 Å². The summed E-state index contributed by atoms with van der Waals surface area (Å²) in [5.41, 5.74) is 1.06. The molecular formula is C12H11FN2O3. The zero-order valence-corrected chi connectivity index (χ0v) is 9.90. The minimum Gasteiger partial charge on any atom is -0.481 e. The summed E-state index contributed by atoms with van der Waals surface area (Å²) >= 11 is 0. The van der Waals surface area contributed by atoms with Gasteiger partial charge in [-0.1, -0.05) is 0 Å². The number of benzene rings is 1. The summed E-state index contributed by atoms with van der Waals surface area (Å²) in [5.74, 6) is -1.36. The first kappa shape index (κ1) is 12.2. The third kappa shape index (κ3) is 2.09. The molecule has 6 heteroatoms. The van der Waals surface area contributed by atoms with Gasteiger partial charge in [-0.05, 0) is 18.6 Å². The summed E-state index contributed by atoms with van der Waals surface area (Å²) in [7, 11) is 1.45. The van der Waals surface area contributed by atoms with Gasteiger partial charge in [0.2, 0.25) is 5.88 Å². The van der Waals surface area contributed by atoms with Gasteiger partial charge in [-0.15, -0.1) is 0 Å². The molecular weight excluding hydrogens is 239 g/mol. The zero-order chi connectivity index (χ0) is 13.3. The van der Waals surface area contributed by atoms with Crippen LogP contribution in [-0.4, -0.2) is 28.2 Å². The smallest absolute Gasteiger partial charge is 0.308 e. The van der Waals surface area contributed by atoms with E-state index in [1.165, 1.54) is 19.4 Å². The van der Waals surface area contributed by atoms with Gasteiger partial charge in [0.25, 0.3) is 0 Å². The summed E-state index contributed by atoms with van der Waals surface area (Å²) in [6.45, 7) is 1.56. The molecule has 5 nitrogen and oxygen atoms in total. The number of aliphatic carboxylic acids is 1. The zero-order valence-electron chi connectivity index (χ0n) is 9.90. The fourth-order valence-electron chi connectivity index (χ4n) is 1.74. The predicted molar refractivity (Wildman–Crippen MR) is 62.1 cm³/mol. The number of halogens is 1. The number of hydrogen-bond donors (Lipinski definition) is 1. The van der Waals surface area contributed by atoms with Crippen LogP contribution in [0.4, 0.5) is 4.39 Å². The third-order valence-corrected chi connectivity index (χ3v) is 2.56. The molecule has 0 aliphatic rings. The number of rotatable bonds is 3. The number of hydrogen-bond acceptors (Lipinski definition) is 4. The highest BCUT2D eigenvalue weighted by Crippen LogP contribution is 2.24. The molecule has 0 unspecified atom stereocenters. The predicted octanol–water partition coefficient (Wildman–Crippen LogP) is 1.71. The van der Waals surface area contributed by atoms with Gasteiger partial charge in [0.1, 0.15) is 5.82 Å². The van der Waals surface area contributed by atoms with Crippen molar-refractivity contribution in [2.75, 3.05) is 7.11 Å². The molecule has 0 fully saturated rings. The van der Waals surface area contributed by atoms with E-state index in [1.54, 1.807) is 6.92 Å². The van der Waals surface area contributed by atoms with Crippen LogP contribution in [-0.2, 0) is 11.2 Å². The lowest BCUT2D eigenvalue weighted by molar-refractivity contribution is -0.136. The molecule has 0 radical (unpaired) electrons. The largest absolute Gasteiger partial charge is 0.481 e. The Kier molecular flexibility index (Phi) is 3.10. The first-order valence-electron chi connectivity index (χ1n) is 5.23. The molecule has 18 heavy (non-hydrogen) atoms. The van der Waals surface area contributed by atoms with E-state index in [-0.39, 0.29) is 11.1 Å².